The quantitative estimate of drug-likeness (QED) is 0.798. The molecular weight excluding hydrogens is 312 g/mol. The minimum atomic E-state index is -3.43. The van der Waals surface area contributed by atoms with Crippen molar-refractivity contribution in [3.8, 4) is 0 Å². The lowest BCUT2D eigenvalue weighted by atomic mass is 10.2. The Morgan fingerprint density at radius 2 is 1.81 bits per heavy atom. The molecule has 0 atom stereocenters. The third-order valence-corrected chi connectivity index (χ3v) is 5.04. The van der Waals surface area contributed by atoms with Crippen LogP contribution < -0.4 is 15.4 Å². The van der Waals surface area contributed by atoms with Crippen molar-refractivity contribution in [2.24, 2.45) is 5.73 Å². The van der Waals surface area contributed by atoms with Gasteiger partial charge in [-0.15, -0.1) is 12.4 Å². The Morgan fingerprint density at radius 3 is 2.38 bits per heavy atom. The Morgan fingerprint density at radius 1 is 1.19 bits per heavy atom. The molecule has 0 bridgehead atoms. The maximum atomic E-state index is 12.1. The maximum Gasteiger partial charge on any atom is 0.242 e. The zero-order valence-electron chi connectivity index (χ0n) is 12.2. The summed E-state index contributed by atoms with van der Waals surface area (Å²) in [5.74, 6) is 0. The van der Waals surface area contributed by atoms with Crippen LogP contribution in [0.5, 0.6) is 0 Å². The van der Waals surface area contributed by atoms with E-state index >= 15 is 0 Å². The molecule has 120 valence electrons. The Labute approximate surface area is 132 Å². The molecule has 1 saturated heterocycles. The lowest BCUT2D eigenvalue weighted by Gasteiger charge is -2.36. The van der Waals surface area contributed by atoms with Crippen LogP contribution >= 0.6 is 12.4 Å². The number of nitrogens with two attached hydrogens (primary N) is 1. The molecule has 8 heteroatoms. The van der Waals surface area contributed by atoms with Gasteiger partial charge in [0.1, 0.15) is 4.90 Å². The second-order valence-corrected chi connectivity index (χ2v) is 6.65. The molecule has 0 saturated carbocycles. The fourth-order valence-corrected chi connectivity index (χ4v) is 3.40. The van der Waals surface area contributed by atoms with Crippen molar-refractivity contribution in [2.45, 2.75) is 4.90 Å². The van der Waals surface area contributed by atoms with Crippen LogP contribution in [0, 0.1) is 0 Å². The largest absolute Gasteiger partial charge is 0.368 e. The van der Waals surface area contributed by atoms with E-state index in [9.17, 15) is 8.42 Å². The number of sulfonamides is 1. The van der Waals surface area contributed by atoms with E-state index in [1.807, 2.05) is 12.1 Å². The van der Waals surface area contributed by atoms with Crippen LogP contribution in [0.15, 0.2) is 29.2 Å². The second-order valence-electron chi connectivity index (χ2n) is 4.79. The number of hydrogen-bond donors (Lipinski definition) is 2. The Bertz CT molecular complexity index is 545. The first kappa shape index (κ1) is 18.2. The zero-order chi connectivity index (χ0) is 14.6. The number of hydrogen-bond acceptors (Lipinski definition) is 5. The number of anilines is 1. The number of nitrogens with one attached hydrogen (secondary N) is 1. The monoisotopic (exact) mass is 334 g/mol. The molecule has 0 aromatic heterocycles. The first-order valence-corrected chi connectivity index (χ1v) is 8.27. The molecule has 1 aromatic carbocycles. The van der Waals surface area contributed by atoms with Gasteiger partial charge in [-0.25, -0.2) is 13.1 Å². The molecule has 3 N–H and O–H groups in total. The van der Waals surface area contributed by atoms with Crippen LogP contribution in [-0.2, 0) is 10.0 Å². The minimum Gasteiger partial charge on any atom is -0.368 e. The van der Waals surface area contributed by atoms with Crippen molar-refractivity contribution in [1.82, 2.24) is 9.62 Å². The number of benzene rings is 1. The number of halogens is 1. The number of rotatable bonds is 5. The van der Waals surface area contributed by atoms with Crippen LogP contribution in [-0.4, -0.2) is 59.6 Å². The van der Waals surface area contributed by atoms with Crippen molar-refractivity contribution in [3.63, 3.8) is 0 Å². The predicted molar refractivity (Wildman–Crippen MR) is 87.6 cm³/mol. The maximum absolute atomic E-state index is 12.1. The summed E-state index contributed by atoms with van der Waals surface area (Å²) in [7, 11) is -1.99. The van der Waals surface area contributed by atoms with Crippen LogP contribution in [0.3, 0.4) is 0 Å². The van der Waals surface area contributed by atoms with Gasteiger partial charge in [-0.1, -0.05) is 12.1 Å². The summed E-state index contributed by atoms with van der Waals surface area (Å²) in [5.41, 5.74) is 6.33. The summed E-state index contributed by atoms with van der Waals surface area (Å²) < 4.78 is 26.5. The van der Waals surface area contributed by atoms with Gasteiger partial charge in [-0.3, -0.25) is 4.90 Å². The molecule has 1 aliphatic rings. The highest BCUT2D eigenvalue weighted by Gasteiger charge is 2.23. The van der Waals surface area contributed by atoms with Gasteiger partial charge in [0.15, 0.2) is 0 Å². The van der Waals surface area contributed by atoms with Gasteiger partial charge in [0.2, 0.25) is 10.0 Å². The van der Waals surface area contributed by atoms with Crippen molar-refractivity contribution < 1.29 is 8.42 Å². The standard InChI is InChI=1S/C13H22N4O2S.ClH/c1-15-20(18,19)13-5-3-2-4-12(13)17-10-8-16(7-6-14)9-11-17;/h2-5,15H,6-11,14H2,1H3;1H. The van der Waals surface area contributed by atoms with Gasteiger partial charge in [0, 0.05) is 39.3 Å². The molecule has 0 radical (unpaired) electrons. The smallest absolute Gasteiger partial charge is 0.242 e. The van der Waals surface area contributed by atoms with Crippen LogP contribution in [0.1, 0.15) is 0 Å². The highest BCUT2D eigenvalue weighted by Crippen LogP contribution is 2.25. The molecular formula is C13H23ClN4O2S. The average molecular weight is 335 g/mol. The van der Waals surface area contributed by atoms with E-state index in [0.717, 1.165) is 38.4 Å². The predicted octanol–water partition coefficient (Wildman–Crippen LogP) is 0.0972. The Kier molecular flexibility index (Phi) is 6.89. The van der Waals surface area contributed by atoms with Crippen molar-refractivity contribution in [1.29, 1.82) is 0 Å². The normalized spacial score (nSPS) is 16.6. The van der Waals surface area contributed by atoms with E-state index in [2.05, 4.69) is 14.5 Å². The summed E-state index contributed by atoms with van der Waals surface area (Å²) in [6.07, 6.45) is 0. The van der Waals surface area contributed by atoms with Crippen LogP contribution in [0.25, 0.3) is 0 Å². The lowest BCUT2D eigenvalue weighted by Crippen LogP contribution is -2.48. The van der Waals surface area contributed by atoms with E-state index in [0.29, 0.717) is 11.4 Å². The van der Waals surface area contributed by atoms with Gasteiger partial charge in [0.05, 0.1) is 5.69 Å². The third-order valence-electron chi connectivity index (χ3n) is 3.58. The number of para-hydroxylation sites is 1. The van der Waals surface area contributed by atoms with Gasteiger partial charge < -0.3 is 10.6 Å². The minimum absolute atomic E-state index is 0. The first-order valence-electron chi connectivity index (χ1n) is 6.78. The Balaban J connectivity index is 0.00000220. The SMILES string of the molecule is CNS(=O)(=O)c1ccccc1N1CCN(CCN)CC1.Cl. The first-order chi connectivity index (χ1) is 9.58. The van der Waals surface area contributed by atoms with Gasteiger partial charge in [-0.2, -0.15) is 0 Å². The van der Waals surface area contributed by atoms with Crippen LogP contribution in [0.4, 0.5) is 5.69 Å². The molecule has 0 unspecified atom stereocenters. The molecule has 1 aromatic rings. The molecule has 1 heterocycles. The van der Waals surface area contributed by atoms with E-state index in [4.69, 9.17) is 5.73 Å². The lowest BCUT2D eigenvalue weighted by molar-refractivity contribution is 0.264. The molecule has 6 nitrogen and oxygen atoms in total. The molecule has 2 rings (SSSR count). The molecule has 21 heavy (non-hydrogen) atoms. The fraction of sp³-hybridized carbons (Fsp3) is 0.538. The molecule has 0 aliphatic carbocycles. The summed E-state index contributed by atoms with van der Waals surface area (Å²) in [5, 5.41) is 0. The summed E-state index contributed by atoms with van der Waals surface area (Å²) in [6, 6.07) is 7.13. The molecule has 1 fully saturated rings. The molecule has 0 spiro atoms. The highest BCUT2D eigenvalue weighted by molar-refractivity contribution is 7.89. The van der Waals surface area contributed by atoms with E-state index < -0.39 is 10.0 Å². The van der Waals surface area contributed by atoms with Crippen LogP contribution in [0.2, 0.25) is 0 Å². The van der Waals surface area contributed by atoms with Gasteiger partial charge in [-0.05, 0) is 19.2 Å². The highest BCUT2D eigenvalue weighted by atomic mass is 35.5. The zero-order valence-corrected chi connectivity index (χ0v) is 13.8. The Hall–Kier alpha value is -0.860. The van der Waals surface area contributed by atoms with E-state index in [1.54, 1.807) is 12.1 Å². The van der Waals surface area contributed by atoms with Crippen molar-refractivity contribution in [2.75, 3.05) is 51.2 Å². The summed E-state index contributed by atoms with van der Waals surface area (Å²) in [6.45, 7) is 5.00. The molecule has 0 amide bonds. The summed E-state index contributed by atoms with van der Waals surface area (Å²) in [4.78, 5) is 4.76. The number of nitrogens with zero attached hydrogens (tertiary/aromatic N) is 2. The van der Waals surface area contributed by atoms with Gasteiger partial charge in [0.25, 0.3) is 0 Å². The number of piperazine rings is 1. The van der Waals surface area contributed by atoms with E-state index in [-0.39, 0.29) is 12.4 Å². The average Bonchev–Trinajstić information content (AvgIpc) is 2.48. The topological polar surface area (TPSA) is 78.7 Å². The van der Waals surface area contributed by atoms with E-state index in [1.165, 1.54) is 7.05 Å². The van der Waals surface area contributed by atoms with Crippen molar-refractivity contribution >= 4 is 28.1 Å². The third kappa shape index (κ3) is 4.31. The molecule has 1 aliphatic heterocycles. The second kappa shape index (κ2) is 7.95. The summed E-state index contributed by atoms with van der Waals surface area (Å²) >= 11 is 0. The van der Waals surface area contributed by atoms with Crippen molar-refractivity contribution in [3.05, 3.63) is 24.3 Å². The fourth-order valence-electron chi connectivity index (χ4n) is 2.45. The van der Waals surface area contributed by atoms with Gasteiger partial charge >= 0.3 is 0 Å².